The molecule has 1 saturated heterocycles. The smallest absolute Gasteiger partial charge is 0.313 e. The van der Waals surface area contributed by atoms with Crippen molar-refractivity contribution in [2.45, 2.75) is 52.5 Å². The molecule has 2 aromatic rings. The van der Waals surface area contributed by atoms with Gasteiger partial charge in [-0.1, -0.05) is 6.07 Å². The van der Waals surface area contributed by atoms with Gasteiger partial charge in [0.1, 0.15) is 17.8 Å². The van der Waals surface area contributed by atoms with E-state index in [-0.39, 0.29) is 24.8 Å². The van der Waals surface area contributed by atoms with Crippen LogP contribution < -0.4 is 4.90 Å². The number of piperidine rings is 1. The number of carbonyl (C=O) groups is 2. The van der Waals surface area contributed by atoms with Gasteiger partial charge in [0.15, 0.2) is 0 Å². The van der Waals surface area contributed by atoms with Crippen LogP contribution in [0.15, 0.2) is 18.2 Å². The number of ether oxygens (including phenoxy) is 2. The Bertz CT molecular complexity index is 824. The highest BCUT2D eigenvalue weighted by molar-refractivity contribution is 5.90. The van der Waals surface area contributed by atoms with E-state index in [1.165, 1.54) is 19.3 Å². The lowest BCUT2D eigenvalue weighted by Gasteiger charge is -2.28. The normalized spacial score (nSPS) is 14.3. The third-order valence-corrected chi connectivity index (χ3v) is 4.99. The van der Waals surface area contributed by atoms with Gasteiger partial charge >= 0.3 is 11.9 Å². The number of para-hydroxylation sites is 1. The van der Waals surface area contributed by atoms with Crippen molar-refractivity contribution in [1.82, 2.24) is 9.55 Å². The summed E-state index contributed by atoms with van der Waals surface area (Å²) < 4.78 is 12.1. The predicted molar refractivity (Wildman–Crippen MR) is 107 cm³/mol. The van der Waals surface area contributed by atoms with Crippen molar-refractivity contribution in [2.24, 2.45) is 0 Å². The van der Waals surface area contributed by atoms with Crippen LogP contribution in [0.4, 0.5) is 5.69 Å². The molecule has 3 rings (SSSR count). The first kappa shape index (κ1) is 20.2. The zero-order valence-corrected chi connectivity index (χ0v) is 16.8. The number of imidazole rings is 1. The van der Waals surface area contributed by atoms with Crippen molar-refractivity contribution >= 4 is 28.7 Å². The minimum atomic E-state index is -0.310. The summed E-state index contributed by atoms with van der Waals surface area (Å²) in [5.74, 6) is 0.0653. The van der Waals surface area contributed by atoms with Gasteiger partial charge in [0.25, 0.3) is 0 Å². The maximum absolute atomic E-state index is 12.1. The predicted octanol–water partition coefficient (Wildman–Crippen LogP) is 3.09. The Balaban J connectivity index is 1.95. The van der Waals surface area contributed by atoms with Crippen molar-refractivity contribution < 1.29 is 19.1 Å². The van der Waals surface area contributed by atoms with Crippen LogP contribution in [0.25, 0.3) is 11.0 Å². The Labute approximate surface area is 165 Å². The average Bonchev–Trinajstić information content (AvgIpc) is 3.04. The van der Waals surface area contributed by atoms with E-state index < -0.39 is 0 Å². The number of rotatable bonds is 8. The minimum Gasteiger partial charge on any atom is -0.466 e. The van der Waals surface area contributed by atoms with Gasteiger partial charge < -0.3 is 18.9 Å². The van der Waals surface area contributed by atoms with Crippen LogP contribution in [0.2, 0.25) is 0 Å². The third kappa shape index (κ3) is 4.64. The van der Waals surface area contributed by atoms with E-state index >= 15 is 0 Å². The molecule has 0 bridgehead atoms. The molecule has 0 atom stereocenters. The van der Waals surface area contributed by atoms with Crippen LogP contribution in [0.3, 0.4) is 0 Å². The maximum Gasteiger partial charge on any atom is 0.313 e. The standard InChI is InChI=1S/C21H29N3O4/c1-3-27-19(25)11-14-24-17-10-8-9-16(23-12-6-5-7-13-23)21(17)22-18(24)15-20(26)28-4-2/h8-10H,3-7,11-15H2,1-2H3. The number of aromatic nitrogens is 2. The molecule has 0 spiro atoms. The van der Waals surface area contributed by atoms with Crippen LogP contribution >= 0.6 is 0 Å². The van der Waals surface area contributed by atoms with Crippen LogP contribution in [-0.2, 0) is 32.0 Å². The monoisotopic (exact) mass is 387 g/mol. The molecule has 28 heavy (non-hydrogen) atoms. The highest BCUT2D eigenvalue weighted by Gasteiger charge is 2.21. The first-order chi connectivity index (χ1) is 13.6. The fourth-order valence-electron chi connectivity index (χ4n) is 3.73. The van der Waals surface area contributed by atoms with E-state index in [1.54, 1.807) is 13.8 Å². The molecule has 0 N–H and O–H groups in total. The lowest BCUT2D eigenvalue weighted by atomic mass is 10.1. The van der Waals surface area contributed by atoms with Crippen molar-refractivity contribution in [3.8, 4) is 0 Å². The summed E-state index contributed by atoms with van der Waals surface area (Å²) in [4.78, 5) is 31.1. The number of esters is 2. The number of nitrogens with zero attached hydrogens (tertiary/aromatic N) is 3. The van der Waals surface area contributed by atoms with Crippen molar-refractivity contribution in [1.29, 1.82) is 0 Å². The van der Waals surface area contributed by atoms with Crippen LogP contribution in [0, 0.1) is 0 Å². The van der Waals surface area contributed by atoms with Crippen LogP contribution in [0.1, 0.15) is 45.4 Å². The fourth-order valence-corrected chi connectivity index (χ4v) is 3.73. The Kier molecular flexibility index (Phi) is 6.90. The lowest BCUT2D eigenvalue weighted by molar-refractivity contribution is -0.143. The Morgan fingerprint density at radius 1 is 1.04 bits per heavy atom. The summed E-state index contributed by atoms with van der Waals surface area (Å²) in [6, 6.07) is 6.10. The quantitative estimate of drug-likeness (QED) is 0.648. The number of carbonyl (C=O) groups excluding carboxylic acids is 2. The molecule has 0 saturated carbocycles. The van der Waals surface area contributed by atoms with Gasteiger partial charge in [-0.25, -0.2) is 4.98 Å². The lowest BCUT2D eigenvalue weighted by Crippen LogP contribution is -2.29. The van der Waals surface area contributed by atoms with E-state index in [2.05, 4.69) is 11.0 Å². The SMILES string of the molecule is CCOC(=O)CCn1c(CC(=O)OCC)nc2c(N3CCCCC3)cccc21. The number of aryl methyl sites for hydroxylation is 1. The van der Waals surface area contributed by atoms with Gasteiger partial charge in [0.2, 0.25) is 0 Å². The molecule has 0 radical (unpaired) electrons. The summed E-state index contributed by atoms with van der Waals surface area (Å²) in [5, 5.41) is 0. The van der Waals surface area contributed by atoms with E-state index in [4.69, 9.17) is 14.5 Å². The summed E-state index contributed by atoms with van der Waals surface area (Å²) in [6.45, 7) is 6.73. The van der Waals surface area contributed by atoms with Crippen LogP contribution in [-0.4, -0.2) is 47.8 Å². The van der Waals surface area contributed by atoms with E-state index in [0.29, 0.717) is 25.6 Å². The highest BCUT2D eigenvalue weighted by Crippen LogP contribution is 2.30. The second kappa shape index (κ2) is 9.57. The molecule has 7 nitrogen and oxygen atoms in total. The molecule has 1 aromatic heterocycles. The summed E-state index contributed by atoms with van der Waals surface area (Å²) in [6.07, 6.45) is 3.94. The zero-order valence-electron chi connectivity index (χ0n) is 16.8. The molecule has 0 unspecified atom stereocenters. The minimum absolute atomic E-state index is 0.0881. The molecule has 1 fully saturated rings. The first-order valence-electron chi connectivity index (χ1n) is 10.2. The second-order valence-electron chi connectivity index (χ2n) is 6.91. The van der Waals surface area contributed by atoms with E-state index in [9.17, 15) is 9.59 Å². The summed E-state index contributed by atoms with van der Waals surface area (Å²) in [5.41, 5.74) is 2.91. The third-order valence-electron chi connectivity index (χ3n) is 4.99. The molecule has 7 heteroatoms. The van der Waals surface area contributed by atoms with Gasteiger partial charge in [-0.05, 0) is 45.2 Å². The second-order valence-corrected chi connectivity index (χ2v) is 6.91. The van der Waals surface area contributed by atoms with Crippen molar-refractivity contribution in [2.75, 3.05) is 31.2 Å². The Hall–Kier alpha value is -2.57. The zero-order chi connectivity index (χ0) is 19.9. The topological polar surface area (TPSA) is 73.7 Å². The summed E-state index contributed by atoms with van der Waals surface area (Å²) >= 11 is 0. The first-order valence-corrected chi connectivity index (χ1v) is 10.2. The maximum atomic E-state index is 12.1. The molecular formula is C21H29N3O4. The van der Waals surface area contributed by atoms with Gasteiger partial charge in [0, 0.05) is 19.6 Å². The largest absolute Gasteiger partial charge is 0.466 e. The molecular weight excluding hydrogens is 358 g/mol. The number of benzene rings is 1. The number of hydrogen-bond acceptors (Lipinski definition) is 6. The molecule has 1 aromatic carbocycles. The van der Waals surface area contributed by atoms with Gasteiger partial charge in [0.05, 0.1) is 30.8 Å². The Morgan fingerprint density at radius 2 is 1.75 bits per heavy atom. The van der Waals surface area contributed by atoms with Gasteiger partial charge in [-0.2, -0.15) is 0 Å². The van der Waals surface area contributed by atoms with E-state index in [1.807, 2.05) is 16.7 Å². The summed E-state index contributed by atoms with van der Waals surface area (Å²) in [7, 11) is 0. The average molecular weight is 387 g/mol. The number of fused-ring (bicyclic) bond motifs is 1. The molecule has 1 aliphatic heterocycles. The number of anilines is 1. The van der Waals surface area contributed by atoms with Gasteiger partial charge in [-0.3, -0.25) is 9.59 Å². The van der Waals surface area contributed by atoms with Gasteiger partial charge in [-0.15, -0.1) is 0 Å². The molecule has 152 valence electrons. The molecule has 2 heterocycles. The highest BCUT2D eigenvalue weighted by atomic mass is 16.5. The van der Waals surface area contributed by atoms with E-state index in [0.717, 1.165) is 29.8 Å². The number of hydrogen-bond donors (Lipinski definition) is 0. The molecule has 0 aliphatic carbocycles. The van der Waals surface area contributed by atoms with Crippen molar-refractivity contribution in [3.63, 3.8) is 0 Å². The van der Waals surface area contributed by atoms with Crippen molar-refractivity contribution in [3.05, 3.63) is 24.0 Å². The Morgan fingerprint density at radius 3 is 2.46 bits per heavy atom. The fraction of sp³-hybridized carbons (Fsp3) is 0.571. The molecule has 1 aliphatic rings. The molecule has 0 amide bonds. The van der Waals surface area contributed by atoms with Crippen LogP contribution in [0.5, 0.6) is 0 Å².